The number of carbonyl (C=O) groups is 2. The van der Waals surface area contributed by atoms with Gasteiger partial charge < -0.3 is 15.3 Å². The maximum Gasteiger partial charge on any atom is 0.317 e. The number of anilines is 1. The fourth-order valence-corrected chi connectivity index (χ4v) is 3.38. The number of nitrogens with zero attached hydrogens (tertiary/aromatic N) is 2. The molecule has 0 bridgehead atoms. The van der Waals surface area contributed by atoms with E-state index in [1.54, 1.807) is 18.2 Å². The largest absolute Gasteiger partial charge is 0.480 e. The molecule has 138 valence electrons. The molecule has 0 saturated carbocycles. The molecule has 0 aliphatic carbocycles. The van der Waals surface area contributed by atoms with Gasteiger partial charge in [-0.15, -0.1) is 0 Å². The van der Waals surface area contributed by atoms with E-state index in [1.807, 2.05) is 18.0 Å². The Hall–Kier alpha value is -1.63. The molecule has 1 heterocycles. The van der Waals surface area contributed by atoms with Gasteiger partial charge in [-0.2, -0.15) is 0 Å². The second kappa shape index (κ2) is 9.75. The van der Waals surface area contributed by atoms with Gasteiger partial charge in [0.2, 0.25) is 5.91 Å². The Bertz CT molecular complexity index is 597. The van der Waals surface area contributed by atoms with E-state index in [4.69, 9.17) is 16.7 Å². The van der Waals surface area contributed by atoms with E-state index in [-0.39, 0.29) is 12.5 Å². The van der Waals surface area contributed by atoms with Gasteiger partial charge in [0.1, 0.15) is 0 Å². The smallest absolute Gasteiger partial charge is 0.317 e. The summed E-state index contributed by atoms with van der Waals surface area (Å²) in [5, 5.41) is 12.4. The Morgan fingerprint density at radius 3 is 2.88 bits per heavy atom. The Balaban J connectivity index is 1.74. The van der Waals surface area contributed by atoms with E-state index in [2.05, 4.69) is 10.2 Å². The van der Waals surface area contributed by atoms with Gasteiger partial charge in [-0.25, -0.2) is 0 Å². The lowest BCUT2D eigenvalue weighted by Gasteiger charge is -2.25. The highest BCUT2D eigenvalue weighted by atomic mass is 35.5. The predicted octanol–water partition coefficient (Wildman–Crippen LogP) is 2.54. The topological polar surface area (TPSA) is 72.9 Å². The molecule has 1 amide bonds. The Morgan fingerprint density at radius 2 is 2.16 bits per heavy atom. The molecule has 7 heteroatoms. The second-order valence-corrected chi connectivity index (χ2v) is 6.98. The minimum atomic E-state index is -0.790. The molecule has 1 unspecified atom stereocenters. The van der Waals surface area contributed by atoms with E-state index in [9.17, 15) is 9.59 Å². The Kier molecular flexibility index (Phi) is 7.68. The van der Waals surface area contributed by atoms with Gasteiger partial charge in [-0.05, 0) is 57.6 Å². The number of carboxylic acids is 1. The van der Waals surface area contributed by atoms with Crippen LogP contribution in [0.15, 0.2) is 24.3 Å². The van der Waals surface area contributed by atoms with E-state index in [0.29, 0.717) is 29.7 Å². The summed E-state index contributed by atoms with van der Waals surface area (Å²) in [6.45, 7) is 2.62. The highest BCUT2D eigenvalue weighted by Crippen LogP contribution is 2.17. The number of carbonyl (C=O) groups excluding carboxylic acids is 1. The van der Waals surface area contributed by atoms with Gasteiger partial charge in [0, 0.05) is 29.7 Å². The summed E-state index contributed by atoms with van der Waals surface area (Å²) in [6, 6.07) is 7.42. The van der Waals surface area contributed by atoms with Crippen LogP contribution in [0.3, 0.4) is 0 Å². The van der Waals surface area contributed by atoms with Crippen LogP contribution in [0, 0.1) is 0 Å². The predicted molar refractivity (Wildman–Crippen MR) is 99.0 cm³/mol. The number of benzene rings is 1. The summed E-state index contributed by atoms with van der Waals surface area (Å²) in [5.74, 6) is -0.813. The molecule has 1 saturated heterocycles. The zero-order valence-corrected chi connectivity index (χ0v) is 15.3. The van der Waals surface area contributed by atoms with Gasteiger partial charge in [-0.1, -0.05) is 17.7 Å². The summed E-state index contributed by atoms with van der Waals surface area (Å²) in [5.41, 5.74) is 0.712. The van der Waals surface area contributed by atoms with Crippen molar-refractivity contribution >= 4 is 29.2 Å². The van der Waals surface area contributed by atoms with Crippen molar-refractivity contribution in [2.45, 2.75) is 31.7 Å². The number of nitrogens with one attached hydrogen (secondary N) is 1. The van der Waals surface area contributed by atoms with Crippen molar-refractivity contribution in [1.29, 1.82) is 0 Å². The zero-order chi connectivity index (χ0) is 18.2. The highest BCUT2D eigenvalue weighted by Gasteiger charge is 2.21. The summed E-state index contributed by atoms with van der Waals surface area (Å²) in [4.78, 5) is 27.1. The quantitative estimate of drug-likeness (QED) is 0.774. The number of likely N-dealkylation sites (N-methyl/N-ethyl adjacent to an activating group) is 1. The van der Waals surface area contributed by atoms with Crippen LogP contribution in [0.4, 0.5) is 5.69 Å². The van der Waals surface area contributed by atoms with Gasteiger partial charge >= 0.3 is 5.97 Å². The molecule has 2 N–H and O–H groups in total. The number of halogens is 1. The van der Waals surface area contributed by atoms with E-state index < -0.39 is 5.97 Å². The minimum absolute atomic E-state index is 0.0222. The second-order valence-electron chi connectivity index (χ2n) is 6.54. The SMILES string of the molecule is CN(CC(=O)O)C1CCCN(CCC(=O)Nc2cccc(Cl)c2)CC1. The number of likely N-dealkylation sites (tertiary alicyclic amines) is 1. The molecule has 0 aromatic heterocycles. The average molecular weight is 368 g/mol. The molecule has 1 aliphatic rings. The maximum atomic E-state index is 12.1. The van der Waals surface area contributed by atoms with Gasteiger partial charge in [0.15, 0.2) is 0 Å². The lowest BCUT2D eigenvalue weighted by Crippen LogP contribution is -2.36. The van der Waals surface area contributed by atoms with Crippen molar-refractivity contribution < 1.29 is 14.7 Å². The molecule has 1 aromatic carbocycles. The molecule has 0 spiro atoms. The van der Waals surface area contributed by atoms with Crippen molar-refractivity contribution in [3.05, 3.63) is 29.3 Å². The number of carboxylic acid groups (broad SMARTS) is 1. The Morgan fingerprint density at radius 1 is 1.36 bits per heavy atom. The number of rotatable bonds is 7. The molecule has 25 heavy (non-hydrogen) atoms. The molecule has 1 atom stereocenters. The Labute approximate surface area is 153 Å². The molecule has 1 aliphatic heterocycles. The molecule has 0 radical (unpaired) electrons. The summed E-state index contributed by atoms with van der Waals surface area (Å²) in [7, 11) is 1.87. The number of hydrogen-bond acceptors (Lipinski definition) is 4. The molecule has 1 aromatic rings. The third-order valence-corrected chi connectivity index (χ3v) is 4.80. The minimum Gasteiger partial charge on any atom is -0.480 e. The number of hydrogen-bond donors (Lipinski definition) is 2. The van der Waals surface area contributed by atoms with Crippen LogP contribution in [-0.4, -0.2) is 66.1 Å². The van der Waals surface area contributed by atoms with Crippen molar-refractivity contribution in [2.24, 2.45) is 0 Å². The first-order chi connectivity index (χ1) is 11.9. The van der Waals surface area contributed by atoms with Gasteiger partial charge in [-0.3, -0.25) is 14.5 Å². The standard InChI is InChI=1S/C18H26ClN3O3/c1-21(13-18(24)25)16-6-3-9-22(10-7-16)11-8-17(23)20-15-5-2-4-14(19)12-15/h2,4-5,12,16H,3,6-11,13H2,1H3,(H,20,23)(H,24,25). The number of amides is 1. The first-order valence-electron chi connectivity index (χ1n) is 8.64. The monoisotopic (exact) mass is 367 g/mol. The number of aliphatic carboxylic acids is 1. The van der Waals surface area contributed by atoms with Crippen LogP contribution >= 0.6 is 11.6 Å². The van der Waals surface area contributed by atoms with Crippen LogP contribution in [0.5, 0.6) is 0 Å². The van der Waals surface area contributed by atoms with Gasteiger partial charge in [0.25, 0.3) is 0 Å². The molecular weight excluding hydrogens is 342 g/mol. The van der Waals surface area contributed by atoms with Crippen molar-refractivity contribution in [3.8, 4) is 0 Å². The lowest BCUT2D eigenvalue weighted by molar-refractivity contribution is -0.138. The first kappa shape index (κ1) is 19.7. The van der Waals surface area contributed by atoms with Crippen LogP contribution < -0.4 is 5.32 Å². The third-order valence-electron chi connectivity index (χ3n) is 4.56. The summed E-state index contributed by atoms with van der Waals surface area (Å²) < 4.78 is 0. The zero-order valence-electron chi connectivity index (χ0n) is 14.6. The van der Waals surface area contributed by atoms with E-state index >= 15 is 0 Å². The maximum absolute atomic E-state index is 12.1. The van der Waals surface area contributed by atoms with Crippen molar-refractivity contribution in [3.63, 3.8) is 0 Å². The van der Waals surface area contributed by atoms with Crippen LogP contribution in [0.1, 0.15) is 25.7 Å². The first-order valence-corrected chi connectivity index (χ1v) is 9.01. The van der Waals surface area contributed by atoms with Crippen molar-refractivity contribution in [2.75, 3.05) is 38.5 Å². The van der Waals surface area contributed by atoms with Crippen LogP contribution in [-0.2, 0) is 9.59 Å². The fraction of sp³-hybridized carbons (Fsp3) is 0.556. The van der Waals surface area contributed by atoms with E-state index in [0.717, 1.165) is 32.4 Å². The third kappa shape index (κ3) is 7.02. The van der Waals surface area contributed by atoms with E-state index in [1.165, 1.54) is 0 Å². The lowest BCUT2D eigenvalue weighted by atomic mass is 10.1. The summed E-state index contributed by atoms with van der Waals surface area (Å²) in [6.07, 6.45) is 3.38. The van der Waals surface area contributed by atoms with Crippen molar-refractivity contribution in [1.82, 2.24) is 9.80 Å². The fourth-order valence-electron chi connectivity index (χ4n) is 3.19. The van der Waals surface area contributed by atoms with Gasteiger partial charge in [0.05, 0.1) is 6.54 Å². The molecular formula is C18H26ClN3O3. The highest BCUT2D eigenvalue weighted by molar-refractivity contribution is 6.30. The molecule has 1 fully saturated rings. The molecule has 2 rings (SSSR count). The van der Waals surface area contributed by atoms with Crippen LogP contribution in [0.25, 0.3) is 0 Å². The summed E-state index contributed by atoms with van der Waals surface area (Å²) >= 11 is 5.92. The normalized spacial score (nSPS) is 18.8. The average Bonchev–Trinajstić information content (AvgIpc) is 2.78. The molecule has 6 nitrogen and oxygen atoms in total. The van der Waals surface area contributed by atoms with Crippen LogP contribution in [0.2, 0.25) is 5.02 Å².